The Labute approximate surface area is 137 Å². The topological polar surface area (TPSA) is 102 Å². The number of hydrogen-bond donors (Lipinski definition) is 2. The lowest BCUT2D eigenvalue weighted by Gasteiger charge is -2.19. The molecule has 1 atom stereocenters. The summed E-state index contributed by atoms with van der Waals surface area (Å²) < 4.78 is 37.5. The van der Waals surface area contributed by atoms with Crippen molar-refractivity contribution in [2.45, 2.75) is 24.8 Å². The van der Waals surface area contributed by atoms with Crippen LogP contribution in [0.3, 0.4) is 0 Å². The molecule has 0 unspecified atom stereocenters. The second kappa shape index (κ2) is 7.30. The second-order valence-electron chi connectivity index (χ2n) is 4.82. The van der Waals surface area contributed by atoms with Gasteiger partial charge >= 0.3 is 5.97 Å². The van der Waals surface area contributed by atoms with Crippen LogP contribution in [0.5, 0.6) is 11.5 Å². The predicted molar refractivity (Wildman–Crippen MR) is 83.8 cm³/mol. The Balaban J connectivity index is 3.31. The minimum Gasteiger partial charge on any atom is -0.493 e. The third kappa shape index (κ3) is 4.11. The van der Waals surface area contributed by atoms with Gasteiger partial charge in [-0.3, -0.25) is 4.79 Å². The van der Waals surface area contributed by atoms with Crippen LogP contribution in [0.15, 0.2) is 21.5 Å². The van der Waals surface area contributed by atoms with Crippen LogP contribution in [-0.4, -0.2) is 39.8 Å². The number of sulfonamides is 1. The highest BCUT2D eigenvalue weighted by atomic mass is 79.9. The summed E-state index contributed by atoms with van der Waals surface area (Å²) >= 11 is 3.15. The van der Waals surface area contributed by atoms with Crippen LogP contribution in [0.2, 0.25) is 0 Å². The molecule has 1 rings (SSSR count). The number of halogens is 1. The van der Waals surface area contributed by atoms with Gasteiger partial charge < -0.3 is 14.6 Å². The lowest BCUT2D eigenvalue weighted by Crippen LogP contribution is -2.44. The van der Waals surface area contributed by atoms with Gasteiger partial charge in [-0.1, -0.05) is 13.8 Å². The third-order valence-electron chi connectivity index (χ3n) is 2.94. The number of rotatable bonds is 7. The summed E-state index contributed by atoms with van der Waals surface area (Å²) in [6.07, 6.45) is 0. The average Bonchev–Trinajstić information content (AvgIpc) is 2.43. The van der Waals surface area contributed by atoms with Crippen molar-refractivity contribution in [2.75, 3.05) is 14.2 Å². The van der Waals surface area contributed by atoms with E-state index in [2.05, 4.69) is 20.7 Å². The van der Waals surface area contributed by atoms with Crippen LogP contribution in [0.1, 0.15) is 13.8 Å². The third-order valence-corrected chi connectivity index (χ3v) is 5.34. The number of ether oxygens (including phenoxy) is 2. The maximum atomic E-state index is 12.4. The van der Waals surface area contributed by atoms with Gasteiger partial charge in [0, 0.05) is 10.5 Å². The standard InChI is InChI=1S/C13H18BrNO6S/c1-7(2)12(13(16)17)15-22(18,19)11-6-10(21-4)9(20-3)5-8(11)14/h5-7,12,15H,1-4H3,(H,16,17)/t12-/m0/s1. The Morgan fingerprint density at radius 3 is 2.14 bits per heavy atom. The number of carboxylic acids is 1. The molecule has 1 aromatic carbocycles. The number of carboxylic acid groups (broad SMARTS) is 1. The fourth-order valence-corrected chi connectivity index (χ4v) is 4.12. The highest BCUT2D eigenvalue weighted by Gasteiger charge is 2.30. The van der Waals surface area contributed by atoms with E-state index in [1.807, 2.05) is 0 Å². The molecule has 9 heteroatoms. The van der Waals surface area contributed by atoms with E-state index < -0.39 is 28.0 Å². The van der Waals surface area contributed by atoms with Gasteiger partial charge in [0.15, 0.2) is 11.5 Å². The van der Waals surface area contributed by atoms with E-state index in [1.165, 1.54) is 26.4 Å². The minimum absolute atomic E-state index is 0.128. The zero-order valence-corrected chi connectivity index (χ0v) is 15.0. The highest BCUT2D eigenvalue weighted by molar-refractivity contribution is 9.10. The SMILES string of the molecule is COc1cc(Br)c(S(=O)(=O)N[C@H](C(=O)O)C(C)C)cc1OC. The number of carbonyl (C=O) groups is 1. The summed E-state index contributed by atoms with van der Waals surface area (Å²) in [4.78, 5) is 11.0. The summed E-state index contributed by atoms with van der Waals surface area (Å²) in [5, 5.41) is 9.12. The molecule has 0 aliphatic heterocycles. The van der Waals surface area contributed by atoms with E-state index in [9.17, 15) is 13.2 Å². The average molecular weight is 396 g/mol. The van der Waals surface area contributed by atoms with Crippen molar-refractivity contribution in [2.24, 2.45) is 5.92 Å². The summed E-state index contributed by atoms with van der Waals surface area (Å²) in [7, 11) is -1.25. The molecule has 22 heavy (non-hydrogen) atoms. The van der Waals surface area contributed by atoms with Crippen molar-refractivity contribution in [3.05, 3.63) is 16.6 Å². The van der Waals surface area contributed by atoms with Gasteiger partial charge in [0.25, 0.3) is 0 Å². The molecule has 2 N–H and O–H groups in total. The van der Waals surface area contributed by atoms with Crippen molar-refractivity contribution in [1.29, 1.82) is 0 Å². The molecular formula is C13H18BrNO6S. The molecule has 0 bridgehead atoms. The molecule has 0 spiro atoms. The van der Waals surface area contributed by atoms with E-state index in [4.69, 9.17) is 14.6 Å². The first-order valence-corrected chi connectivity index (χ1v) is 8.58. The quantitative estimate of drug-likeness (QED) is 0.730. The van der Waals surface area contributed by atoms with Gasteiger partial charge in [-0.2, -0.15) is 4.72 Å². The molecule has 0 saturated heterocycles. The number of nitrogens with one attached hydrogen (secondary N) is 1. The summed E-state index contributed by atoms with van der Waals surface area (Å²) in [5.74, 6) is -1.07. The first-order chi connectivity index (χ1) is 10.1. The van der Waals surface area contributed by atoms with Gasteiger partial charge in [0.2, 0.25) is 10.0 Å². The summed E-state index contributed by atoms with van der Waals surface area (Å²) in [6, 6.07) is 1.48. The van der Waals surface area contributed by atoms with Crippen LogP contribution in [0.25, 0.3) is 0 Å². The summed E-state index contributed by atoms with van der Waals surface area (Å²) in [5.41, 5.74) is 0. The molecule has 1 aromatic rings. The van der Waals surface area contributed by atoms with Crippen LogP contribution >= 0.6 is 15.9 Å². The molecule has 0 aliphatic carbocycles. The number of methoxy groups -OCH3 is 2. The van der Waals surface area contributed by atoms with Gasteiger partial charge in [-0.05, 0) is 27.9 Å². The Bertz CT molecular complexity index is 659. The van der Waals surface area contributed by atoms with Crippen molar-refractivity contribution in [3.63, 3.8) is 0 Å². The van der Waals surface area contributed by atoms with Crippen LogP contribution in [-0.2, 0) is 14.8 Å². The molecular weight excluding hydrogens is 378 g/mol. The van der Waals surface area contributed by atoms with Crippen LogP contribution in [0.4, 0.5) is 0 Å². The predicted octanol–water partition coefficient (Wildman–Crippen LogP) is 1.85. The Kier molecular flexibility index (Phi) is 6.21. The lowest BCUT2D eigenvalue weighted by atomic mass is 10.1. The van der Waals surface area contributed by atoms with E-state index >= 15 is 0 Å². The largest absolute Gasteiger partial charge is 0.493 e. The molecule has 0 aliphatic rings. The van der Waals surface area contributed by atoms with Gasteiger partial charge in [0.1, 0.15) is 10.9 Å². The number of benzene rings is 1. The highest BCUT2D eigenvalue weighted by Crippen LogP contribution is 2.35. The smallest absolute Gasteiger partial charge is 0.322 e. The molecule has 0 radical (unpaired) electrons. The lowest BCUT2D eigenvalue weighted by molar-refractivity contribution is -0.140. The maximum Gasteiger partial charge on any atom is 0.322 e. The molecule has 0 saturated carbocycles. The number of aliphatic carboxylic acids is 1. The van der Waals surface area contributed by atoms with E-state index in [0.717, 1.165) is 0 Å². The van der Waals surface area contributed by atoms with Gasteiger partial charge in [-0.15, -0.1) is 0 Å². The first kappa shape index (κ1) is 18.7. The van der Waals surface area contributed by atoms with Crippen molar-refractivity contribution in [1.82, 2.24) is 4.72 Å². The van der Waals surface area contributed by atoms with E-state index in [0.29, 0.717) is 5.75 Å². The fraction of sp³-hybridized carbons (Fsp3) is 0.462. The molecule has 0 amide bonds. The Hall–Kier alpha value is -1.32. The van der Waals surface area contributed by atoms with E-state index in [1.54, 1.807) is 13.8 Å². The van der Waals surface area contributed by atoms with Crippen LogP contribution < -0.4 is 14.2 Å². The molecule has 0 aromatic heterocycles. The van der Waals surface area contributed by atoms with Crippen LogP contribution in [0, 0.1) is 5.92 Å². The monoisotopic (exact) mass is 395 g/mol. The first-order valence-electron chi connectivity index (χ1n) is 6.30. The minimum atomic E-state index is -4.05. The Morgan fingerprint density at radius 2 is 1.73 bits per heavy atom. The number of hydrogen-bond acceptors (Lipinski definition) is 5. The van der Waals surface area contributed by atoms with Gasteiger partial charge in [0.05, 0.1) is 14.2 Å². The fourth-order valence-electron chi connectivity index (χ4n) is 1.74. The molecule has 0 heterocycles. The Morgan fingerprint density at radius 1 is 1.23 bits per heavy atom. The van der Waals surface area contributed by atoms with Crippen molar-refractivity contribution < 1.29 is 27.8 Å². The van der Waals surface area contributed by atoms with Gasteiger partial charge in [-0.25, -0.2) is 8.42 Å². The van der Waals surface area contributed by atoms with Crippen molar-refractivity contribution >= 4 is 31.9 Å². The van der Waals surface area contributed by atoms with E-state index in [-0.39, 0.29) is 15.1 Å². The van der Waals surface area contributed by atoms with Crippen molar-refractivity contribution in [3.8, 4) is 11.5 Å². The zero-order chi connectivity index (χ0) is 17.1. The zero-order valence-electron chi connectivity index (χ0n) is 12.6. The maximum absolute atomic E-state index is 12.4. The molecule has 0 fully saturated rings. The normalized spacial score (nSPS) is 13.0. The second-order valence-corrected chi connectivity index (χ2v) is 7.36. The summed E-state index contributed by atoms with van der Waals surface area (Å²) in [6.45, 7) is 3.23. The molecule has 7 nitrogen and oxygen atoms in total. The molecule has 124 valence electrons.